The lowest BCUT2D eigenvalue weighted by atomic mass is 10.3. The van der Waals surface area contributed by atoms with Crippen LogP contribution in [0, 0.1) is 0 Å². The van der Waals surface area contributed by atoms with Gasteiger partial charge in [0.1, 0.15) is 0 Å². The Balaban J connectivity index is 2.08. The van der Waals surface area contributed by atoms with Crippen LogP contribution >= 0.6 is 15.9 Å². The van der Waals surface area contributed by atoms with Crippen molar-refractivity contribution in [2.45, 2.75) is 26.3 Å². The summed E-state index contributed by atoms with van der Waals surface area (Å²) in [6, 6.07) is 8.19. The average Bonchev–Trinajstić information content (AvgIpc) is 2.42. The highest BCUT2D eigenvalue weighted by Gasteiger charge is 2.04. The molecule has 0 amide bonds. The largest absolute Gasteiger partial charge is 0.350 e. The summed E-state index contributed by atoms with van der Waals surface area (Å²) in [6.45, 7) is 4.19. The summed E-state index contributed by atoms with van der Waals surface area (Å²) in [5.74, 6) is 1.21. The fourth-order valence-corrected chi connectivity index (χ4v) is 1.69. The molecule has 2 rings (SSSR count). The van der Waals surface area contributed by atoms with Gasteiger partial charge < -0.3 is 10.6 Å². The molecule has 0 radical (unpaired) electrons. The number of rotatable bonds is 5. The molecule has 0 aliphatic heterocycles. The normalized spacial score (nSPS) is 11.9. The summed E-state index contributed by atoms with van der Waals surface area (Å²) >= 11 is 3.40. The molecule has 1 aromatic carbocycles. The second kappa shape index (κ2) is 6.47. The molecular formula is C13H16BrN5. The molecule has 100 valence electrons. The first kappa shape index (κ1) is 13.7. The topological polar surface area (TPSA) is 62.7 Å². The number of anilines is 3. The van der Waals surface area contributed by atoms with Crippen molar-refractivity contribution in [3.8, 4) is 0 Å². The van der Waals surface area contributed by atoms with Gasteiger partial charge in [-0.25, -0.2) is 0 Å². The number of aromatic nitrogens is 3. The SMILES string of the molecule is CCC(C)Nc1nncc(Nc2ccc(Br)cc2)n1. The van der Waals surface area contributed by atoms with Crippen LogP contribution in [0.2, 0.25) is 0 Å². The van der Waals surface area contributed by atoms with E-state index in [9.17, 15) is 0 Å². The lowest BCUT2D eigenvalue weighted by Gasteiger charge is -2.11. The fourth-order valence-electron chi connectivity index (χ4n) is 1.43. The molecule has 0 aliphatic rings. The molecule has 0 bridgehead atoms. The van der Waals surface area contributed by atoms with Crippen LogP contribution in [0.3, 0.4) is 0 Å². The van der Waals surface area contributed by atoms with Crippen LogP contribution in [-0.2, 0) is 0 Å². The molecule has 1 heterocycles. The highest BCUT2D eigenvalue weighted by atomic mass is 79.9. The van der Waals surface area contributed by atoms with Crippen molar-refractivity contribution in [1.82, 2.24) is 15.2 Å². The quantitative estimate of drug-likeness (QED) is 0.881. The predicted octanol–water partition coefficient (Wildman–Crippen LogP) is 3.59. The first-order valence-electron chi connectivity index (χ1n) is 6.16. The van der Waals surface area contributed by atoms with Crippen molar-refractivity contribution < 1.29 is 0 Å². The maximum Gasteiger partial charge on any atom is 0.244 e. The van der Waals surface area contributed by atoms with Gasteiger partial charge in [-0.05, 0) is 37.6 Å². The summed E-state index contributed by atoms with van der Waals surface area (Å²) in [7, 11) is 0. The zero-order valence-corrected chi connectivity index (χ0v) is 12.5. The smallest absolute Gasteiger partial charge is 0.244 e. The molecule has 0 aliphatic carbocycles. The number of nitrogens with one attached hydrogen (secondary N) is 2. The van der Waals surface area contributed by atoms with Gasteiger partial charge in [0.15, 0.2) is 5.82 Å². The Morgan fingerprint density at radius 3 is 2.68 bits per heavy atom. The summed E-state index contributed by atoms with van der Waals surface area (Å²) < 4.78 is 1.04. The maximum atomic E-state index is 4.37. The minimum Gasteiger partial charge on any atom is -0.350 e. The van der Waals surface area contributed by atoms with Gasteiger partial charge in [0.05, 0.1) is 6.20 Å². The number of halogens is 1. The van der Waals surface area contributed by atoms with Crippen molar-refractivity contribution >= 4 is 33.4 Å². The first-order chi connectivity index (χ1) is 9.17. The zero-order chi connectivity index (χ0) is 13.7. The van der Waals surface area contributed by atoms with E-state index in [4.69, 9.17) is 0 Å². The van der Waals surface area contributed by atoms with Crippen molar-refractivity contribution in [3.05, 3.63) is 34.9 Å². The third kappa shape index (κ3) is 4.17. The van der Waals surface area contributed by atoms with E-state index in [1.807, 2.05) is 24.3 Å². The van der Waals surface area contributed by atoms with E-state index in [-0.39, 0.29) is 0 Å². The van der Waals surface area contributed by atoms with Crippen molar-refractivity contribution in [2.75, 3.05) is 10.6 Å². The lowest BCUT2D eigenvalue weighted by Crippen LogP contribution is -2.16. The zero-order valence-electron chi connectivity index (χ0n) is 10.9. The Bertz CT molecular complexity index is 529. The third-order valence-electron chi connectivity index (χ3n) is 2.66. The number of benzene rings is 1. The molecule has 19 heavy (non-hydrogen) atoms. The van der Waals surface area contributed by atoms with Gasteiger partial charge in [-0.15, -0.1) is 5.10 Å². The average molecular weight is 322 g/mol. The maximum absolute atomic E-state index is 4.37. The molecule has 2 N–H and O–H groups in total. The van der Waals surface area contributed by atoms with Crippen LogP contribution in [0.5, 0.6) is 0 Å². The van der Waals surface area contributed by atoms with Gasteiger partial charge in [-0.1, -0.05) is 22.9 Å². The molecular weight excluding hydrogens is 306 g/mol. The van der Waals surface area contributed by atoms with Gasteiger partial charge in [0.25, 0.3) is 0 Å². The Labute approximate surface area is 121 Å². The van der Waals surface area contributed by atoms with E-state index >= 15 is 0 Å². The molecule has 2 aromatic rings. The summed E-state index contributed by atoms with van der Waals surface area (Å²) in [5.41, 5.74) is 0.957. The Morgan fingerprint density at radius 1 is 1.26 bits per heavy atom. The van der Waals surface area contributed by atoms with Crippen LogP contribution in [-0.4, -0.2) is 21.2 Å². The summed E-state index contributed by atoms with van der Waals surface area (Å²) in [5, 5.41) is 14.3. The fraction of sp³-hybridized carbons (Fsp3) is 0.308. The van der Waals surface area contributed by atoms with Gasteiger partial charge in [0, 0.05) is 16.2 Å². The minimum atomic E-state index is 0.324. The molecule has 1 unspecified atom stereocenters. The van der Waals surface area contributed by atoms with E-state index in [2.05, 4.69) is 55.6 Å². The third-order valence-corrected chi connectivity index (χ3v) is 3.19. The van der Waals surface area contributed by atoms with Crippen LogP contribution in [0.25, 0.3) is 0 Å². The second-order valence-corrected chi connectivity index (χ2v) is 5.17. The molecule has 5 nitrogen and oxygen atoms in total. The van der Waals surface area contributed by atoms with E-state index in [1.54, 1.807) is 6.20 Å². The van der Waals surface area contributed by atoms with E-state index < -0.39 is 0 Å². The number of hydrogen-bond donors (Lipinski definition) is 2. The van der Waals surface area contributed by atoms with E-state index in [0.29, 0.717) is 17.8 Å². The molecule has 0 fully saturated rings. The van der Waals surface area contributed by atoms with Crippen LogP contribution in [0.1, 0.15) is 20.3 Å². The molecule has 1 aromatic heterocycles. The van der Waals surface area contributed by atoms with Crippen molar-refractivity contribution in [1.29, 1.82) is 0 Å². The monoisotopic (exact) mass is 321 g/mol. The predicted molar refractivity (Wildman–Crippen MR) is 80.6 cm³/mol. The van der Waals surface area contributed by atoms with Gasteiger partial charge in [-0.2, -0.15) is 10.1 Å². The van der Waals surface area contributed by atoms with Crippen LogP contribution in [0.4, 0.5) is 17.5 Å². The Morgan fingerprint density at radius 2 is 2.00 bits per heavy atom. The molecule has 1 atom stereocenters. The Kier molecular flexibility index (Phi) is 4.68. The molecule has 0 saturated heterocycles. The minimum absolute atomic E-state index is 0.324. The van der Waals surface area contributed by atoms with E-state index in [0.717, 1.165) is 16.6 Å². The van der Waals surface area contributed by atoms with Crippen molar-refractivity contribution in [3.63, 3.8) is 0 Å². The van der Waals surface area contributed by atoms with Crippen LogP contribution in [0.15, 0.2) is 34.9 Å². The summed E-state index contributed by atoms with van der Waals surface area (Å²) in [6.07, 6.45) is 2.61. The van der Waals surface area contributed by atoms with Gasteiger partial charge in [0.2, 0.25) is 5.95 Å². The second-order valence-electron chi connectivity index (χ2n) is 4.25. The number of nitrogens with zero attached hydrogens (tertiary/aromatic N) is 3. The van der Waals surface area contributed by atoms with E-state index in [1.165, 1.54) is 0 Å². The lowest BCUT2D eigenvalue weighted by molar-refractivity contribution is 0.746. The molecule has 0 spiro atoms. The molecule has 6 heteroatoms. The van der Waals surface area contributed by atoms with Crippen molar-refractivity contribution in [2.24, 2.45) is 0 Å². The van der Waals surface area contributed by atoms with Gasteiger partial charge in [-0.3, -0.25) is 0 Å². The molecule has 0 saturated carbocycles. The van der Waals surface area contributed by atoms with Crippen LogP contribution < -0.4 is 10.6 Å². The number of hydrogen-bond acceptors (Lipinski definition) is 5. The first-order valence-corrected chi connectivity index (χ1v) is 6.95. The standard InChI is InChI=1S/C13H16BrN5/c1-3-9(2)16-13-18-12(8-15-19-13)17-11-6-4-10(14)5-7-11/h4-9H,3H2,1-2H3,(H2,16,17,18,19). The van der Waals surface area contributed by atoms with Gasteiger partial charge >= 0.3 is 0 Å². The highest BCUT2D eigenvalue weighted by molar-refractivity contribution is 9.10. The summed E-state index contributed by atoms with van der Waals surface area (Å²) in [4.78, 5) is 4.37. The highest BCUT2D eigenvalue weighted by Crippen LogP contribution is 2.17. The Hall–Kier alpha value is -1.69.